The first-order chi connectivity index (χ1) is 9.45. The number of benzene rings is 1. The van der Waals surface area contributed by atoms with E-state index in [1.54, 1.807) is 0 Å². The number of para-hydroxylation sites is 1. The molecule has 0 radical (unpaired) electrons. The molecular formula is C12H12ClF2NO4. The van der Waals surface area contributed by atoms with E-state index in [1.807, 2.05) is 0 Å². The number of methoxy groups -OCH3 is 1. The van der Waals surface area contributed by atoms with E-state index in [-0.39, 0.29) is 17.9 Å². The molecule has 0 aromatic heterocycles. The monoisotopic (exact) mass is 307 g/mol. The third kappa shape index (κ3) is 4.65. The lowest BCUT2D eigenvalue weighted by atomic mass is 10.2. The Morgan fingerprint density at radius 2 is 2.00 bits per heavy atom. The molecule has 1 aromatic rings. The minimum absolute atomic E-state index is 0.0819. The van der Waals surface area contributed by atoms with E-state index in [0.29, 0.717) is 0 Å². The SMILES string of the molecule is COC(=O)C(Cl)CNC(=O)c1ccccc1OC(F)F. The molecule has 0 spiro atoms. The Morgan fingerprint density at radius 1 is 1.35 bits per heavy atom. The number of carbonyl (C=O) groups excluding carboxylic acids is 2. The van der Waals surface area contributed by atoms with Crippen molar-refractivity contribution in [1.29, 1.82) is 0 Å². The predicted molar refractivity (Wildman–Crippen MR) is 67.1 cm³/mol. The van der Waals surface area contributed by atoms with E-state index in [9.17, 15) is 18.4 Å². The number of alkyl halides is 3. The highest BCUT2D eigenvalue weighted by atomic mass is 35.5. The van der Waals surface area contributed by atoms with Crippen molar-refractivity contribution in [2.45, 2.75) is 12.0 Å². The summed E-state index contributed by atoms with van der Waals surface area (Å²) >= 11 is 5.65. The third-order valence-electron chi connectivity index (χ3n) is 2.25. The maximum atomic E-state index is 12.2. The quantitative estimate of drug-likeness (QED) is 0.643. The van der Waals surface area contributed by atoms with Crippen LogP contribution in [0.5, 0.6) is 5.75 Å². The molecule has 1 atom stereocenters. The number of ether oxygens (including phenoxy) is 2. The molecule has 1 aromatic carbocycles. The van der Waals surface area contributed by atoms with Gasteiger partial charge in [-0.2, -0.15) is 8.78 Å². The Balaban J connectivity index is 2.70. The topological polar surface area (TPSA) is 64.6 Å². The second kappa shape index (κ2) is 7.64. The van der Waals surface area contributed by atoms with Crippen molar-refractivity contribution in [2.75, 3.05) is 13.7 Å². The summed E-state index contributed by atoms with van der Waals surface area (Å²) in [7, 11) is 1.16. The molecule has 0 aliphatic heterocycles. The summed E-state index contributed by atoms with van der Waals surface area (Å²) < 4.78 is 33.0. The summed E-state index contributed by atoms with van der Waals surface area (Å²) in [5.74, 6) is -1.65. The molecule has 0 aliphatic rings. The number of hydrogen-bond acceptors (Lipinski definition) is 4. The zero-order valence-electron chi connectivity index (χ0n) is 10.4. The molecule has 0 heterocycles. The van der Waals surface area contributed by atoms with E-state index in [2.05, 4.69) is 14.8 Å². The number of carbonyl (C=O) groups is 2. The minimum atomic E-state index is -3.04. The second-order valence-corrected chi connectivity index (χ2v) is 4.10. The van der Waals surface area contributed by atoms with Gasteiger partial charge in [-0.25, -0.2) is 0 Å². The Morgan fingerprint density at radius 3 is 2.60 bits per heavy atom. The molecule has 0 saturated heterocycles. The van der Waals surface area contributed by atoms with Crippen molar-refractivity contribution >= 4 is 23.5 Å². The lowest BCUT2D eigenvalue weighted by molar-refractivity contribution is -0.140. The van der Waals surface area contributed by atoms with Gasteiger partial charge in [0.25, 0.3) is 5.91 Å². The molecule has 5 nitrogen and oxygen atoms in total. The average molecular weight is 308 g/mol. The van der Waals surface area contributed by atoms with Crippen LogP contribution in [0.15, 0.2) is 24.3 Å². The van der Waals surface area contributed by atoms with E-state index >= 15 is 0 Å². The molecule has 1 amide bonds. The summed E-state index contributed by atoms with van der Waals surface area (Å²) in [6.45, 7) is -3.24. The van der Waals surface area contributed by atoms with Gasteiger partial charge in [-0.05, 0) is 12.1 Å². The molecule has 1 rings (SSSR count). The largest absolute Gasteiger partial charge is 0.468 e. The van der Waals surface area contributed by atoms with Crippen LogP contribution in [0.1, 0.15) is 10.4 Å². The number of amides is 1. The number of esters is 1. The van der Waals surface area contributed by atoms with Gasteiger partial charge >= 0.3 is 12.6 Å². The van der Waals surface area contributed by atoms with Crippen LogP contribution in [-0.4, -0.2) is 37.5 Å². The lowest BCUT2D eigenvalue weighted by Crippen LogP contribution is -2.34. The molecule has 0 fully saturated rings. The first-order valence-electron chi connectivity index (χ1n) is 5.49. The Kier molecular flexibility index (Phi) is 6.17. The molecule has 8 heteroatoms. The van der Waals surface area contributed by atoms with Crippen LogP contribution < -0.4 is 10.1 Å². The predicted octanol–water partition coefficient (Wildman–Crippen LogP) is 1.80. The summed E-state index contributed by atoms with van der Waals surface area (Å²) in [6, 6.07) is 5.49. The smallest absolute Gasteiger partial charge is 0.387 e. The van der Waals surface area contributed by atoms with Gasteiger partial charge in [0.15, 0.2) is 0 Å². The molecule has 0 bridgehead atoms. The fraction of sp³-hybridized carbons (Fsp3) is 0.333. The fourth-order valence-electron chi connectivity index (χ4n) is 1.34. The Labute approximate surface area is 118 Å². The van der Waals surface area contributed by atoms with E-state index in [4.69, 9.17) is 11.6 Å². The Hall–Kier alpha value is -1.89. The lowest BCUT2D eigenvalue weighted by Gasteiger charge is -2.12. The van der Waals surface area contributed by atoms with Gasteiger partial charge in [0, 0.05) is 6.54 Å². The van der Waals surface area contributed by atoms with Crippen molar-refractivity contribution in [2.24, 2.45) is 0 Å². The van der Waals surface area contributed by atoms with Crippen LogP contribution in [0.25, 0.3) is 0 Å². The van der Waals surface area contributed by atoms with Crippen LogP contribution in [0, 0.1) is 0 Å². The Bertz CT molecular complexity index is 484. The maximum Gasteiger partial charge on any atom is 0.387 e. The van der Waals surface area contributed by atoms with Gasteiger partial charge < -0.3 is 14.8 Å². The molecule has 20 heavy (non-hydrogen) atoms. The van der Waals surface area contributed by atoms with E-state index < -0.39 is 23.9 Å². The first kappa shape index (κ1) is 16.2. The fourth-order valence-corrected chi connectivity index (χ4v) is 1.51. The standard InChI is InChI=1S/C12H12ClF2NO4/c1-19-11(18)8(13)6-16-10(17)7-4-2-3-5-9(7)20-12(14)15/h2-5,8,12H,6H2,1H3,(H,16,17). The molecule has 1 unspecified atom stereocenters. The number of halogens is 3. The van der Waals surface area contributed by atoms with Crippen molar-refractivity contribution in [3.63, 3.8) is 0 Å². The zero-order valence-corrected chi connectivity index (χ0v) is 11.2. The normalized spacial score (nSPS) is 11.8. The van der Waals surface area contributed by atoms with Crippen molar-refractivity contribution in [1.82, 2.24) is 5.32 Å². The van der Waals surface area contributed by atoms with Crippen LogP contribution in [-0.2, 0) is 9.53 Å². The minimum Gasteiger partial charge on any atom is -0.468 e. The molecule has 0 saturated carbocycles. The summed E-state index contributed by atoms with van der Waals surface area (Å²) in [6.07, 6.45) is 0. The van der Waals surface area contributed by atoms with Crippen LogP contribution in [0.4, 0.5) is 8.78 Å². The third-order valence-corrected chi connectivity index (χ3v) is 2.58. The van der Waals surface area contributed by atoms with Gasteiger partial charge in [-0.3, -0.25) is 9.59 Å². The summed E-state index contributed by atoms with van der Waals surface area (Å²) in [5.41, 5.74) is -0.0819. The van der Waals surface area contributed by atoms with Crippen LogP contribution >= 0.6 is 11.6 Å². The second-order valence-electron chi connectivity index (χ2n) is 3.58. The van der Waals surface area contributed by atoms with Crippen LogP contribution in [0.2, 0.25) is 0 Å². The van der Waals surface area contributed by atoms with Crippen LogP contribution in [0.3, 0.4) is 0 Å². The molecule has 110 valence electrons. The van der Waals surface area contributed by atoms with Gasteiger partial charge in [0.2, 0.25) is 0 Å². The molecular weight excluding hydrogens is 296 g/mol. The van der Waals surface area contributed by atoms with Gasteiger partial charge in [-0.15, -0.1) is 11.6 Å². The van der Waals surface area contributed by atoms with Gasteiger partial charge in [-0.1, -0.05) is 12.1 Å². The van der Waals surface area contributed by atoms with Gasteiger partial charge in [0.1, 0.15) is 11.1 Å². The van der Waals surface area contributed by atoms with Crippen molar-refractivity contribution < 1.29 is 27.8 Å². The number of hydrogen-bond donors (Lipinski definition) is 1. The highest BCUT2D eigenvalue weighted by Crippen LogP contribution is 2.20. The number of nitrogens with one attached hydrogen (secondary N) is 1. The summed E-state index contributed by atoms with van der Waals surface area (Å²) in [4.78, 5) is 22.9. The van der Waals surface area contributed by atoms with Crippen molar-refractivity contribution in [3.8, 4) is 5.75 Å². The number of rotatable bonds is 6. The first-order valence-corrected chi connectivity index (χ1v) is 5.93. The maximum absolute atomic E-state index is 12.2. The average Bonchev–Trinajstić information content (AvgIpc) is 2.43. The van der Waals surface area contributed by atoms with E-state index in [1.165, 1.54) is 24.3 Å². The van der Waals surface area contributed by atoms with E-state index in [0.717, 1.165) is 7.11 Å². The van der Waals surface area contributed by atoms with Gasteiger partial charge in [0.05, 0.1) is 12.7 Å². The highest BCUT2D eigenvalue weighted by Gasteiger charge is 2.19. The highest BCUT2D eigenvalue weighted by molar-refractivity contribution is 6.30. The summed E-state index contributed by atoms with van der Waals surface area (Å²) in [5, 5.41) is 1.27. The zero-order chi connectivity index (χ0) is 15.1. The molecule has 0 aliphatic carbocycles. The van der Waals surface area contributed by atoms with Crippen molar-refractivity contribution in [3.05, 3.63) is 29.8 Å². The molecule has 1 N–H and O–H groups in total.